The number of nitrogens with zero attached hydrogens (tertiary/aromatic N) is 5. The molecule has 3 aliphatic rings. The van der Waals surface area contributed by atoms with Crippen LogP contribution in [0.15, 0.2) is 36.7 Å². The van der Waals surface area contributed by atoms with Crippen LogP contribution >= 0.6 is 0 Å². The molecule has 0 unspecified atom stereocenters. The number of likely N-dealkylation sites (tertiary alicyclic amines) is 2. The number of anilines is 1. The molecule has 0 spiro atoms. The van der Waals surface area contributed by atoms with E-state index in [0.717, 1.165) is 64.8 Å². The summed E-state index contributed by atoms with van der Waals surface area (Å²) in [5.41, 5.74) is 3.08. The van der Waals surface area contributed by atoms with E-state index in [1.54, 1.807) is 17.9 Å². The van der Waals surface area contributed by atoms with Crippen LogP contribution in [0.1, 0.15) is 54.2 Å². The number of aliphatic hydroxyl groups excluding tert-OH is 1. The maximum absolute atomic E-state index is 13.2. The summed E-state index contributed by atoms with van der Waals surface area (Å²) in [5, 5.41) is 14.3. The van der Waals surface area contributed by atoms with Gasteiger partial charge in [0.1, 0.15) is 17.8 Å². The molecular weight excluding hydrogens is 468 g/mol. The topological polar surface area (TPSA) is 102 Å². The van der Waals surface area contributed by atoms with Crippen LogP contribution in [0.3, 0.4) is 0 Å². The summed E-state index contributed by atoms with van der Waals surface area (Å²) in [6, 6.07) is 10.3. The first-order valence-electron chi connectivity index (χ1n) is 13.6. The van der Waals surface area contributed by atoms with Gasteiger partial charge in [0, 0.05) is 64.8 Å². The van der Waals surface area contributed by atoms with E-state index in [0.29, 0.717) is 30.5 Å². The number of carbonyl (C=O) groups is 2. The molecule has 4 heterocycles. The van der Waals surface area contributed by atoms with Gasteiger partial charge in [-0.25, -0.2) is 9.97 Å². The fourth-order valence-electron chi connectivity index (χ4n) is 6.00. The molecule has 9 nitrogen and oxygen atoms in total. The molecule has 2 fully saturated rings. The standard InChI is InChI=1S/C28H38N6O3/c1-20(35)32-12-7-21(8-13-32)6-11-29-27-16-24(30-19-31-27)28(37)34-15-10-25(26(36)18-34)33-14-9-22-4-2-3-5-23(22)17-33/h2-5,16,19,21,25-26,36H,6-15,17-18H2,1H3,(H,29,30,31)/t25-,26-/m0/s1. The smallest absolute Gasteiger partial charge is 0.272 e. The van der Waals surface area contributed by atoms with Crippen molar-refractivity contribution in [3.63, 3.8) is 0 Å². The van der Waals surface area contributed by atoms with Gasteiger partial charge in [-0.2, -0.15) is 0 Å². The average Bonchev–Trinajstić information content (AvgIpc) is 2.93. The van der Waals surface area contributed by atoms with Crippen LogP contribution in [0.4, 0.5) is 5.82 Å². The molecule has 1 aromatic carbocycles. The van der Waals surface area contributed by atoms with Crippen molar-refractivity contribution in [2.75, 3.05) is 44.6 Å². The lowest BCUT2D eigenvalue weighted by Gasteiger charge is -2.43. The van der Waals surface area contributed by atoms with Gasteiger partial charge in [0.25, 0.3) is 5.91 Å². The van der Waals surface area contributed by atoms with Gasteiger partial charge in [-0.15, -0.1) is 0 Å². The van der Waals surface area contributed by atoms with Gasteiger partial charge in [0.2, 0.25) is 5.91 Å². The largest absolute Gasteiger partial charge is 0.390 e. The summed E-state index contributed by atoms with van der Waals surface area (Å²) in [5.74, 6) is 1.22. The van der Waals surface area contributed by atoms with Gasteiger partial charge in [0.15, 0.2) is 0 Å². The fourth-order valence-corrected chi connectivity index (χ4v) is 6.00. The Hall–Kier alpha value is -3.04. The summed E-state index contributed by atoms with van der Waals surface area (Å²) in [7, 11) is 0. The summed E-state index contributed by atoms with van der Waals surface area (Å²) >= 11 is 0. The van der Waals surface area contributed by atoms with Crippen LogP contribution in [0.5, 0.6) is 0 Å². The van der Waals surface area contributed by atoms with E-state index in [1.165, 1.54) is 17.5 Å². The van der Waals surface area contributed by atoms with Crippen LogP contribution < -0.4 is 5.32 Å². The Balaban J connectivity index is 1.10. The number of fused-ring (bicyclic) bond motifs is 1. The maximum Gasteiger partial charge on any atom is 0.272 e. The lowest BCUT2D eigenvalue weighted by atomic mass is 9.93. The van der Waals surface area contributed by atoms with Gasteiger partial charge >= 0.3 is 0 Å². The van der Waals surface area contributed by atoms with Crippen LogP contribution in [0, 0.1) is 5.92 Å². The highest BCUT2D eigenvalue weighted by atomic mass is 16.3. The first kappa shape index (κ1) is 25.6. The monoisotopic (exact) mass is 506 g/mol. The number of piperidine rings is 2. The van der Waals surface area contributed by atoms with E-state index in [4.69, 9.17) is 0 Å². The Bertz CT molecular complexity index is 1100. The summed E-state index contributed by atoms with van der Waals surface area (Å²) in [6.45, 7) is 6.76. The van der Waals surface area contributed by atoms with Crippen molar-refractivity contribution in [2.45, 2.75) is 57.7 Å². The minimum Gasteiger partial charge on any atom is -0.390 e. The van der Waals surface area contributed by atoms with Gasteiger partial charge in [-0.1, -0.05) is 24.3 Å². The van der Waals surface area contributed by atoms with Crippen molar-refractivity contribution in [2.24, 2.45) is 5.92 Å². The Morgan fingerprint density at radius 1 is 1.03 bits per heavy atom. The van der Waals surface area contributed by atoms with E-state index >= 15 is 0 Å². The second-order valence-corrected chi connectivity index (χ2v) is 10.6. The molecule has 9 heteroatoms. The first-order valence-corrected chi connectivity index (χ1v) is 13.6. The third kappa shape index (κ3) is 6.10. The molecule has 0 radical (unpaired) electrons. The SMILES string of the molecule is CC(=O)N1CCC(CCNc2cc(C(=O)N3CC[C@H](N4CCc5ccccc5C4)[C@@H](O)C3)ncn2)CC1. The second-order valence-electron chi connectivity index (χ2n) is 10.6. The third-order valence-electron chi connectivity index (χ3n) is 8.27. The van der Waals surface area contributed by atoms with Crippen LogP contribution in [0.25, 0.3) is 0 Å². The molecule has 0 aliphatic carbocycles. The van der Waals surface area contributed by atoms with E-state index in [1.807, 2.05) is 4.90 Å². The summed E-state index contributed by atoms with van der Waals surface area (Å²) in [4.78, 5) is 39.2. The van der Waals surface area contributed by atoms with Crippen molar-refractivity contribution < 1.29 is 14.7 Å². The number of aliphatic hydroxyl groups is 1. The van der Waals surface area contributed by atoms with E-state index in [9.17, 15) is 14.7 Å². The number of nitrogens with one attached hydrogen (secondary N) is 1. The molecule has 2 amide bonds. The molecule has 1 aromatic heterocycles. The van der Waals surface area contributed by atoms with Crippen LogP contribution in [-0.4, -0.2) is 93.0 Å². The second kappa shape index (κ2) is 11.6. The van der Waals surface area contributed by atoms with E-state index in [-0.39, 0.29) is 17.9 Å². The molecule has 5 rings (SSSR count). The highest BCUT2D eigenvalue weighted by Gasteiger charge is 2.35. The molecule has 3 aliphatic heterocycles. The molecule has 2 N–H and O–H groups in total. The molecule has 37 heavy (non-hydrogen) atoms. The minimum atomic E-state index is -0.586. The van der Waals surface area contributed by atoms with Crippen LogP contribution in [-0.2, 0) is 17.8 Å². The average molecular weight is 507 g/mol. The molecule has 2 atom stereocenters. The third-order valence-corrected chi connectivity index (χ3v) is 8.27. The highest BCUT2D eigenvalue weighted by Crippen LogP contribution is 2.26. The van der Waals surface area contributed by atoms with Crippen molar-refractivity contribution in [3.05, 3.63) is 53.5 Å². The zero-order chi connectivity index (χ0) is 25.8. The van der Waals surface area contributed by atoms with Gasteiger partial charge < -0.3 is 20.2 Å². The first-order chi connectivity index (χ1) is 18.0. The van der Waals surface area contributed by atoms with Crippen molar-refractivity contribution in [1.29, 1.82) is 0 Å². The molecule has 2 aromatic rings. The predicted octanol–water partition coefficient (Wildman–Crippen LogP) is 2.17. The Kier molecular flexibility index (Phi) is 8.00. The zero-order valence-corrected chi connectivity index (χ0v) is 21.7. The van der Waals surface area contributed by atoms with Gasteiger partial charge in [0.05, 0.1) is 6.10 Å². The number of rotatable bonds is 6. The molecule has 198 valence electrons. The number of amides is 2. The van der Waals surface area contributed by atoms with Crippen molar-refractivity contribution in [3.8, 4) is 0 Å². The normalized spacial score (nSPS) is 23.0. The fraction of sp³-hybridized carbons (Fsp3) is 0.571. The van der Waals surface area contributed by atoms with Crippen molar-refractivity contribution in [1.82, 2.24) is 24.7 Å². The maximum atomic E-state index is 13.2. The Labute approximate surface area is 218 Å². The Morgan fingerprint density at radius 2 is 1.78 bits per heavy atom. The minimum absolute atomic E-state index is 0.0577. The molecule has 2 saturated heterocycles. The number of aromatic nitrogens is 2. The van der Waals surface area contributed by atoms with Gasteiger partial charge in [-0.05, 0) is 49.1 Å². The number of hydrogen-bond donors (Lipinski definition) is 2. The highest BCUT2D eigenvalue weighted by molar-refractivity contribution is 5.93. The molecule has 0 saturated carbocycles. The number of carbonyl (C=O) groups excluding carboxylic acids is 2. The zero-order valence-electron chi connectivity index (χ0n) is 21.7. The van der Waals surface area contributed by atoms with Gasteiger partial charge in [-0.3, -0.25) is 14.5 Å². The van der Waals surface area contributed by atoms with Crippen molar-refractivity contribution >= 4 is 17.6 Å². The van der Waals surface area contributed by atoms with E-state index < -0.39 is 6.10 Å². The lowest BCUT2D eigenvalue weighted by molar-refractivity contribution is -0.130. The predicted molar refractivity (Wildman–Crippen MR) is 141 cm³/mol. The quantitative estimate of drug-likeness (QED) is 0.619. The number of benzene rings is 1. The number of β-amino-alcohol motifs (C(OH)–C–C–N with tert-alkyl or cyclic N) is 1. The van der Waals surface area contributed by atoms with Crippen LogP contribution in [0.2, 0.25) is 0 Å². The number of hydrogen-bond acceptors (Lipinski definition) is 7. The lowest BCUT2D eigenvalue weighted by Crippen LogP contribution is -2.56. The summed E-state index contributed by atoms with van der Waals surface area (Å²) in [6.07, 6.45) is 5.63. The molecular formula is C28H38N6O3. The Morgan fingerprint density at radius 3 is 2.54 bits per heavy atom. The summed E-state index contributed by atoms with van der Waals surface area (Å²) < 4.78 is 0. The molecule has 0 bridgehead atoms. The van der Waals surface area contributed by atoms with E-state index in [2.05, 4.69) is 44.5 Å².